The fraction of sp³-hybridized carbons (Fsp3) is 0.538. The molecule has 3 unspecified atom stereocenters. The summed E-state index contributed by atoms with van der Waals surface area (Å²) in [6, 6.07) is 4.87. The van der Waals surface area contributed by atoms with Gasteiger partial charge in [-0.2, -0.15) is 0 Å². The molecular formula is C13H17FO2. The molecule has 0 amide bonds. The lowest BCUT2D eigenvalue weighted by Crippen LogP contribution is -2.39. The summed E-state index contributed by atoms with van der Waals surface area (Å²) in [7, 11) is 1.55. The third kappa shape index (κ3) is 1.69. The Morgan fingerprint density at radius 2 is 2.25 bits per heavy atom. The van der Waals surface area contributed by atoms with Gasteiger partial charge in [-0.05, 0) is 30.4 Å². The van der Waals surface area contributed by atoms with Gasteiger partial charge in [0.15, 0.2) is 0 Å². The number of hydrogen-bond donors (Lipinski definition) is 1. The zero-order valence-electron chi connectivity index (χ0n) is 9.61. The highest BCUT2D eigenvalue weighted by Gasteiger charge is 2.41. The van der Waals surface area contributed by atoms with E-state index in [2.05, 4.69) is 0 Å². The molecule has 1 aromatic carbocycles. The Bertz CT molecular complexity index is 378. The number of hydrogen-bond acceptors (Lipinski definition) is 2. The summed E-state index contributed by atoms with van der Waals surface area (Å²) in [5.41, 5.74) is 0.627. The van der Waals surface area contributed by atoms with E-state index >= 15 is 0 Å². The van der Waals surface area contributed by atoms with Crippen molar-refractivity contribution in [3.63, 3.8) is 0 Å². The van der Waals surface area contributed by atoms with Crippen molar-refractivity contribution in [2.75, 3.05) is 7.11 Å². The molecular weight excluding hydrogens is 207 g/mol. The number of methoxy groups -OCH3 is 1. The molecule has 2 nitrogen and oxygen atoms in total. The Morgan fingerprint density at radius 1 is 1.50 bits per heavy atom. The monoisotopic (exact) mass is 224 g/mol. The van der Waals surface area contributed by atoms with Crippen LogP contribution in [0.5, 0.6) is 5.75 Å². The number of aliphatic hydroxyl groups excluding tert-OH is 1. The summed E-state index contributed by atoms with van der Waals surface area (Å²) < 4.78 is 19.0. The quantitative estimate of drug-likeness (QED) is 0.855. The molecule has 16 heavy (non-hydrogen) atoms. The van der Waals surface area contributed by atoms with Gasteiger partial charge in [-0.3, -0.25) is 0 Å². The fourth-order valence-electron chi connectivity index (χ4n) is 2.63. The molecule has 0 heterocycles. The third-order valence-electron chi connectivity index (χ3n) is 3.58. The highest BCUT2D eigenvalue weighted by Crippen LogP contribution is 2.48. The minimum Gasteiger partial charge on any atom is -0.496 e. The number of benzene rings is 1. The van der Waals surface area contributed by atoms with Crippen molar-refractivity contribution in [2.24, 2.45) is 5.92 Å². The topological polar surface area (TPSA) is 29.5 Å². The predicted octanol–water partition coefficient (Wildman–Crippen LogP) is 2.71. The zero-order chi connectivity index (χ0) is 11.7. The minimum absolute atomic E-state index is 0.0937. The van der Waals surface area contributed by atoms with Gasteiger partial charge in [0.2, 0.25) is 0 Å². The summed E-state index contributed by atoms with van der Waals surface area (Å²) in [5.74, 6) is 0.618. The smallest absolute Gasteiger partial charge is 0.130 e. The number of aliphatic hydroxyl groups is 1. The van der Waals surface area contributed by atoms with Crippen LogP contribution in [-0.2, 0) is 0 Å². The van der Waals surface area contributed by atoms with Crippen molar-refractivity contribution in [3.05, 3.63) is 29.6 Å². The van der Waals surface area contributed by atoms with Gasteiger partial charge in [0.1, 0.15) is 11.6 Å². The summed E-state index contributed by atoms with van der Waals surface area (Å²) >= 11 is 0. The molecule has 3 atom stereocenters. The molecule has 0 bridgehead atoms. The third-order valence-corrected chi connectivity index (χ3v) is 3.58. The maximum atomic E-state index is 13.8. The molecule has 0 aliphatic heterocycles. The van der Waals surface area contributed by atoms with Crippen LogP contribution in [0, 0.1) is 11.7 Å². The first-order chi connectivity index (χ1) is 7.69. The molecule has 1 aromatic rings. The highest BCUT2D eigenvalue weighted by molar-refractivity contribution is 5.39. The van der Waals surface area contributed by atoms with Crippen LogP contribution in [0.2, 0.25) is 0 Å². The Kier molecular flexibility index (Phi) is 3.15. The van der Waals surface area contributed by atoms with E-state index in [9.17, 15) is 9.50 Å². The van der Waals surface area contributed by atoms with Gasteiger partial charge in [0, 0.05) is 5.56 Å². The minimum atomic E-state index is -0.292. The molecule has 1 aliphatic rings. The number of rotatable bonds is 3. The van der Waals surface area contributed by atoms with Crippen LogP contribution in [0.25, 0.3) is 0 Å². The molecule has 1 aliphatic carbocycles. The van der Waals surface area contributed by atoms with Gasteiger partial charge in [-0.15, -0.1) is 0 Å². The van der Waals surface area contributed by atoms with Crippen molar-refractivity contribution in [1.29, 1.82) is 0 Å². The van der Waals surface area contributed by atoms with E-state index in [0.717, 1.165) is 6.42 Å². The normalized spacial score (nSPS) is 28.6. The largest absolute Gasteiger partial charge is 0.496 e. The highest BCUT2D eigenvalue weighted by atomic mass is 19.1. The van der Waals surface area contributed by atoms with Gasteiger partial charge in [0.25, 0.3) is 0 Å². The van der Waals surface area contributed by atoms with E-state index in [1.54, 1.807) is 19.2 Å². The predicted molar refractivity (Wildman–Crippen MR) is 60.1 cm³/mol. The Labute approximate surface area is 95.1 Å². The van der Waals surface area contributed by atoms with E-state index in [4.69, 9.17) is 4.74 Å². The van der Waals surface area contributed by atoms with E-state index in [-0.39, 0.29) is 23.8 Å². The first-order valence-electron chi connectivity index (χ1n) is 5.69. The Balaban J connectivity index is 2.33. The SMILES string of the molecule is CCC1C(O)CC1c1c(F)cccc1OC. The summed E-state index contributed by atoms with van der Waals surface area (Å²) in [4.78, 5) is 0. The average molecular weight is 224 g/mol. The van der Waals surface area contributed by atoms with E-state index in [1.807, 2.05) is 6.92 Å². The van der Waals surface area contributed by atoms with Crippen LogP contribution in [0.4, 0.5) is 4.39 Å². The molecule has 1 fully saturated rings. The fourth-order valence-corrected chi connectivity index (χ4v) is 2.63. The van der Waals surface area contributed by atoms with E-state index < -0.39 is 0 Å². The molecule has 1 saturated carbocycles. The number of ether oxygens (including phenoxy) is 1. The van der Waals surface area contributed by atoms with Gasteiger partial charge < -0.3 is 9.84 Å². The Hall–Kier alpha value is -1.09. The zero-order valence-corrected chi connectivity index (χ0v) is 9.61. The number of halogens is 1. The lowest BCUT2D eigenvalue weighted by atomic mass is 9.66. The summed E-state index contributed by atoms with van der Waals surface area (Å²) in [5, 5.41) is 9.63. The standard InChI is InChI=1S/C13H17FO2/c1-3-8-9(7-11(8)15)13-10(14)5-4-6-12(13)16-2/h4-6,8-9,11,15H,3,7H2,1-2H3. The Morgan fingerprint density at radius 3 is 2.81 bits per heavy atom. The van der Waals surface area contributed by atoms with Crippen molar-refractivity contribution >= 4 is 0 Å². The van der Waals surface area contributed by atoms with Crippen LogP contribution in [0.3, 0.4) is 0 Å². The van der Waals surface area contributed by atoms with E-state index in [0.29, 0.717) is 17.7 Å². The molecule has 3 heteroatoms. The maximum Gasteiger partial charge on any atom is 0.130 e. The summed E-state index contributed by atoms with van der Waals surface area (Å²) in [6.45, 7) is 2.02. The molecule has 0 saturated heterocycles. The van der Waals surface area contributed by atoms with Crippen molar-refractivity contribution in [2.45, 2.75) is 31.8 Å². The van der Waals surface area contributed by atoms with Crippen molar-refractivity contribution in [1.82, 2.24) is 0 Å². The molecule has 88 valence electrons. The van der Waals surface area contributed by atoms with Crippen LogP contribution in [0.15, 0.2) is 18.2 Å². The first-order valence-corrected chi connectivity index (χ1v) is 5.69. The second kappa shape index (κ2) is 4.42. The summed E-state index contributed by atoms with van der Waals surface area (Å²) in [6.07, 6.45) is 1.21. The van der Waals surface area contributed by atoms with Crippen molar-refractivity contribution < 1.29 is 14.2 Å². The van der Waals surface area contributed by atoms with Gasteiger partial charge in [-0.25, -0.2) is 4.39 Å². The van der Waals surface area contributed by atoms with E-state index in [1.165, 1.54) is 6.07 Å². The van der Waals surface area contributed by atoms with Gasteiger partial charge in [-0.1, -0.05) is 19.4 Å². The molecule has 0 radical (unpaired) electrons. The second-order valence-corrected chi connectivity index (χ2v) is 4.34. The molecule has 2 rings (SSSR count). The van der Waals surface area contributed by atoms with Crippen LogP contribution >= 0.6 is 0 Å². The van der Waals surface area contributed by atoms with Gasteiger partial charge in [0.05, 0.1) is 13.2 Å². The molecule has 0 spiro atoms. The molecule has 1 N–H and O–H groups in total. The second-order valence-electron chi connectivity index (χ2n) is 4.34. The lowest BCUT2D eigenvalue weighted by molar-refractivity contribution is -0.00256. The first kappa shape index (κ1) is 11.4. The van der Waals surface area contributed by atoms with Crippen LogP contribution < -0.4 is 4.74 Å². The van der Waals surface area contributed by atoms with Gasteiger partial charge >= 0.3 is 0 Å². The van der Waals surface area contributed by atoms with Crippen LogP contribution in [0.1, 0.15) is 31.2 Å². The van der Waals surface area contributed by atoms with Crippen LogP contribution in [-0.4, -0.2) is 18.3 Å². The lowest BCUT2D eigenvalue weighted by Gasteiger charge is -2.42. The maximum absolute atomic E-state index is 13.8. The molecule has 0 aromatic heterocycles. The van der Waals surface area contributed by atoms with Crippen molar-refractivity contribution in [3.8, 4) is 5.75 Å². The average Bonchev–Trinajstić information content (AvgIpc) is 2.26.